The van der Waals surface area contributed by atoms with Gasteiger partial charge in [0.25, 0.3) is 0 Å². The molecule has 20 heavy (non-hydrogen) atoms. The molecule has 1 aliphatic carbocycles. The summed E-state index contributed by atoms with van der Waals surface area (Å²) in [7, 11) is 0. The molecule has 2 N–H and O–H groups in total. The van der Waals surface area contributed by atoms with Gasteiger partial charge in [-0.25, -0.2) is 0 Å². The third kappa shape index (κ3) is 5.37. The van der Waals surface area contributed by atoms with Crippen LogP contribution in [0.2, 0.25) is 0 Å². The molecule has 0 spiro atoms. The smallest absolute Gasteiger partial charge is 0.0111 e. The molecule has 0 bridgehead atoms. The van der Waals surface area contributed by atoms with Crippen LogP contribution in [0.15, 0.2) is 0 Å². The number of hydrogen-bond donors (Lipinski definition) is 2. The first kappa shape index (κ1) is 16.3. The van der Waals surface area contributed by atoms with Gasteiger partial charge in [-0.15, -0.1) is 0 Å². The van der Waals surface area contributed by atoms with Gasteiger partial charge in [0.1, 0.15) is 0 Å². The number of unbranched alkanes of at least 4 members (excludes halogenated alkanes) is 5. The van der Waals surface area contributed by atoms with Crippen LogP contribution in [0.4, 0.5) is 0 Å². The molecule has 0 aromatic rings. The van der Waals surface area contributed by atoms with Crippen molar-refractivity contribution in [3.8, 4) is 0 Å². The molecule has 2 heteroatoms. The van der Waals surface area contributed by atoms with Crippen LogP contribution in [0.1, 0.15) is 84.0 Å². The summed E-state index contributed by atoms with van der Waals surface area (Å²) in [5.41, 5.74) is 0. The van der Waals surface area contributed by atoms with Gasteiger partial charge >= 0.3 is 0 Å². The van der Waals surface area contributed by atoms with Crippen molar-refractivity contribution < 1.29 is 0 Å². The third-order valence-corrected chi connectivity index (χ3v) is 5.37. The standard InChI is InChI=1S/C18H36N2/c1-2-3-4-5-6-9-14-19-17-12-8-7-11-16(17)18-13-10-15-20-18/h16-20H,2-15H2,1H3. The third-order valence-electron chi connectivity index (χ3n) is 5.37. The molecule has 0 amide bonds. The Bertz CT molecular complexity index is 236. The zero-order valence-electron chi connectivity index (χ0n) is 13.6. The zero-order chi connectivity index (χ0) is 14.0. The molecule has 0 aromatic heterocycles. The fourth-order valence-electron chi connectivity index (χ4n) is 4.16. The molecule has 3 unspecified atom stereocenters. The second-order valence-electron chi connectivity index (χ2n) is 6.98. The van der Waals surface area contributed by atoms with E-state index in [1.807, 2.05) is 0 Å². The minimum Gasteiger partial charge on any atom is -0.314 e. The predicted molar refractivity (Wildman–Crippen MR) is 88.1 cm³/mol. The van der Waals surface area contributed by atoms with Crippen molar-refractivity contribution in [2.24, 2.45) is 5.92 Å². The molecule has 2 aliphatic rings. The van der Waals surface area contributed by atoms with Crippen LogP contribution in [0, 0.1) is 5.92 Å². The van der Waals surface area contributed by atoms with Gasteiger partial charge in [-0.2, -0.15) is 0 Å². The second-order valence-corrected chi connectivity index (χ2v) is 6.98. The number of hydrogen-bond acceptors (Lipinski definition) is 2. The maximum atomic E-state index is 3.90. The van der Waals surface area contributed by atoms with Crippen LogP contribution >= 0.6 is 0 Å². The number of nitrogens with one attached hydrogen (secondary N) is 2. The quantitative estimate of drug-likeness (QED) is 0.617. The van der Waals surface area contributed by atoms with Gasteiger partial charge in [-0.3, -0.25) is 0 Å². The molecule has 2 rings (SSSR count). The van der Waals surface area contributed by atoms with E-state index in [0.29, 0.717) is 0 Å². The monoisotopic (exact) mass is 280 g/mol. The Morgan fingerprint density at radius 2 is 1.70 bits per heavy atom. The maximum Gasteiger partial charge on any atom is 0.0111 e. The molecule has 118 valence electrons. The van der Waals surface area contributed by atoms with E-state index in [-0.39, 0.29) is 0 Å². The van der Waals surface area contributed by atoms with E-state index in [1.165, 1.54) is 90.1 Å². The van der Waals surface area contributed by atoms with Gasteiger partial charge in [-0.05, 0) is 51.1 Å². The van der Waals surface area contributed by atoms with Gasteiger partial charge in [0.05, 0.1) is 0 Å². The van der Waals surface area contributed by atoms with Crippen molar-refractivity contribution in [1.29, 1.82) is 0 Å². The summed E-state index contributed by atoms with van der Waals surface area (Å²) in [6.07, 6.45) is 17.0. The van der Waals surface area contributed by atoms with Gasteiger partial charge in [0.2, 0.25) is 0 Å². The average molecular weight is 280 g/mol. The second kappa shape index (κ2) is 9.78. The summed E-state index contributed by atoms with van der Waals surface area (Å²) in [4.78, 5) is 0. The SMILES string of the molecule is CCCCCCCCNC1CCCCC1C1CCCN1. The molecule has 0 radical (unpaired) electrons. The maximum absolute atomic E-state index is 3.90. The first-order valence-electron chi connectivity index (χ1n) is 9.38. The number of rotatable bonds is 9. The van der Waals surface area contributed by atoms with Crippen LogP contribution in [0.5, 0.6) is 0 Å². The average Bonchev–Trinajstić information content (AvgIpc) is 3.01. The van der Waals surface area contributed by atoms with E-state index in [2.05, 4.69) is 17.6 Å². The van der Waals surface area contributed by atoms with Crippen molar-refractivity contribution in [3.05, 3.63) is 0 Å². The highest BCUT2D eigenvalue weighted by Crippen LogP contribution is 2.30. The molecule has 1 saturated carbocycles. The van der Waals surface area contributed by atoms with Crippen LogP contribution in [0.3, 0.4) is 0 Å². The highest BCUT2D eigenvalue weighted by molar-refractivity contribution is 4.91. The Morgan fingerprint density at radius 3 is 2.50 bits per heavy atom. The molecule has 3 atom stereocenters. The van der Waals surface area contributed by atoms with E-state index in [4.69, 9.17) is 0 Å². The topological polar surface area (TPSA) is 24.1 Å². The van der Waals surface area contributed by atoms with Crippen LogP contribution in [-0.2, 0) is 0 Å². The Balaban J connectivity index is 1.59. The van der Waals surface area contributed by atoms with E-state index in [1.54, 1.807) is 0 Å². The van der Waals surface area contributed by atoms with Gasteiger partial charge in [0, 0.05) is 12.1 Å². The van der Waals surface area contributed by atoms with Gasteiger partial charge in [-0.1, -0.05) is 51.9 Å². The van der Waals surface area contributed by atoms with E-state index >= 15 is 0 Å². The fraction of sp³-hybridized carbons (Fsp3) is 1.00. The highest BCUT2D eigenvalue weighted by atomic mass is 15.0. The molecule has 0 aromatic carbocycles. The Hall–Kier alpha value is -0.0800. The molecule has 1 aliphatic heterocycles. The van der Waals surface area contributed by atoms with Crippen molar-refractivity contribution >= 4 is 0 Å². The lowest BCUT2D eigenvalue weighted by Gasteiger charge is -2.36. The summed E-state index contributed by atoms with van der Waals surface area (Å²) >= 11 is 0. The lowest BCUT2D eigenvalue weighted by molar-refractivity contribution is 0.214. The molecular formula is C18H36N2. The minimum absolute atomic E-state index is 0.801. The molecule has 1 heterocycles. The van der Waals surface area contributed by atoms with Crippen molar-refractivity contribution in [1.82, 2.24) is 10.6 Å². The first-order valence-corrected chi connectivity index (χ1v) is 9.38. The minimum atomic E-state index is 0.801. The zero-order valence-corrected chi connectivity index (χ0v) is 13.6. The van der Waals surface area contributed by atoms with E-state index in [0.717, 1.165) is 18.0 Å². The predicted octanol–water partition coefficient (Wildman–Crippen LogP) is 4.25. The summed E-state index contributed by atoms with van der Waals surface area (Å²) in [5, 5.41) is 7.64. The van der Waals surface area contributed by atoms with Crippen LogP contribution in [0.25, 0.3) is 0 Å². The summed E-state index contributed by atoms with van der Waals surface area (Å²) in [5.74, 6) is 0.909. The van der Waals surface area contributed by atoms with Crippen LogP contribution in [-0.4, -0.2) is 25.2 Å². The summed E-state index contributed by atoms with van der Waals surface area (Å²) < 4.78 is 0. The molecule has 2 nitrogen and oxygen atoms in total. The van der Waals surface area contributed by atoms with E-state index < -0.39 is 0 Å². The Morgan fingerprint density at radius 1 is 0.900 bits per heavy atom. The summed E-state index contributed by atoms with van der Waals surface area (Å²) in [6.45, 7) is 4.80. The molecule has 1 saturated heterocycles. The van der Waals surface area contributed by atoms with Crippen LogP contribution < -0.4 is 10.6 Å². The lowest BCUT2D eigenvalue weighted by atomic mass is 9.79. The van der Waals surface area contributed by atoms with Gasteiger partial charge < -0.3 is 10.6 Å². The van der Waals surface area contributed by atoms with E-state index in [9.17, 15) is 0 Å². The first-order chi connectivity index (χ1) is 9.92. The molecule has 2 fully saturated rings. The van der Waals surface area contributed by atoms with Crippen molar-refractivity contribution in [3.63, 3.8) is 0 Å². The van der Waals surface area contributed by atoms with Crippen molar-refractivity contribution in [2.45, 2.75) is 96.1 Å². The summed E-state index contributed by atoms with van der Waals surface area (Å²) in [6, 6.07) is 1.62. The lowest BCUT2D eigenvalue weighted by Crippen LogP contribution is -2.47. The normalized spacial score (nSPS) is 30.8. The largest absolute Gasteiger partial charge is 0.314 e. The fourth-order valence-corrected chi connectivity index (χ4v) is 4.16. The van der Waals surface area contributed by atoms with Gasteiger partial charge in [0.15, 0.2) is 0 Å². The highest BCUT2D eigenvalue weighted by Gasteiger charge is 2.32. The molecular weight excluding hydrogens is 244 g/mol. The Kier molecular flexibility index (Phi) is 7.97. The van der Waals surface area contributed by atoms with Crippen molar-refractivity contribution in [2.75, 3.05) is 13.1 Å². The Labute approximate surface area is 126 Å².